The molecule has 26 heavy (non-hydrogen) atoms. The number of hydrogen-bond donors (Lipinski definition) is 1. The van der Waals surface area contributed by atoms with Gasteiger partial charge in [-0.1, -0.05) is 0 Å². The Bertz CT molecular complexity index is 831. The third-order valence-corrected chi connectivity index (χ3v) is 3.96. The van der Waals surface area contributed by atoms with Gasteiger partial charge in [0.25, 0.3) is 5.91 Å². The van der Waals surface area contributed by atoms with Gasteiger partial charge in [-0.05, 0) is 24.3 Å². The maximum Gasteiger partial charge on any atom is 0.313 e. The van der Waals surface area contributed by atoms with Crippen LogP contribution >= 0.6 is 0 Å². The average Bonchev–Trinajstić information content (AvgIpc) is 3.18. The van der Waals surface area contributed by atoms with Crippen molar-refractivity contribution in [2.75, 3.05) is 31.5 Å². The first-order chi connectivity index (χ1) is 12.5. The first-order valence-electron chi connectivity index (χ1n) is 7.84. The summed E-state index contributed by atoms with van der Waals surface area (Å²) in [4.78, 5) is 39.1. The van der Waals surface area contributed by atoms with Gasteiger partial charge in [0.1, 0.15) is 11.6 Å². The van der Waals surface area contributed by atoms with Gasteiger partial charge < -0.3 is 19.5 Å². The molecule has 2 aromatic rings. The van der Waals surface area contributed by atoms with Crippen molar-refractivity contribution in [3.05, 3.63) is 54.0 Å². The first kappa shape index (κ1) is 17.6. The van der Waals surface area contributed by atoms with E-state index in [2.05, 4.69) is 5.32 Å². The summed E-state index contributed by atoms with van der Waals surface area (Å²) in [6, 6.07) is 5.70. The molecule has 136 valence electrons. The molecule has 1 saturated heterocycles. The van der Waals surface area contributed by atoms with Gasteiger partial charge in [0, 0.05) is 32.2 Å². The lowest BCUT2D eigenvalue weighted by Gasteiger charge is -2.33. The number of furan rings is 1. The fourth-order valence-corrected chi connectivity index (χ4v) is 2.58. The van der Waals surface area contributed by atoms with Gasteiger partial charge in [0.2, 0.25) is 0 Å². The van der Waals surface area contributed by atoms with Gasteiger partial charge in [-0.3, -0.25) is 14.4 Å². The van der Waals surface area contributed by atoms with E-state index in [4.69, 9.17) is 4.42 Å². The second-order valence-electron chi connectivity index (χ2n) is 5.64. The van der Waals surface area contributed by atoms with Crippen LogP contribution in [0.5, 0.6) is 0 Å². The summed E-state index contributed by atoms with van der Waals surface area (Å²) < 4.78 is 31.7. The molecule has 0 unspecified atom stereocenters. The third-order valence-electron chi connectivity index (χ3n) is 3.96. The molecule has 0 aliphatic carbocycles. The molecule has 2 heterocycles. The number of halogens is 2. The van der Waals surface area contributed by atoms with Gasteiger partial charge in [-0.25, -0.2) is 8.78 Å². The number of piperazine rings is 1. The monoisotopic (exact) mass is 363 g/mol. The number of hydrogen-bond acceptors (Lipinski definition) is 4. The van der Waals surface area contributed by atoms with E-state index in [1.54, 1.807) is 12.1 Å². The zero-order valence-electron chi connectivity index (χ0n) is 13.6. The minimum atomic E-state index is -1.07. The summed E-state index contributed by atoms with van der Waals surface area (Å²) in [5, 5.41) is 2.06. The van der Waals surface area contributed by atoms with Crippen molar-refractivity contribution in [1.29, 1.82) is 0 Å². The molecule has 1 fully saturated rings. The molecule has 3 amide bonds. The van der Waals surface area contributed by atoms with Crippen molar-refractivity contribution in [2.45, 2.75) is 0 Å². The van der Waals surface area contributed by atoms with Crippen molar-refractivity contribution in [2.24, 2.45) is 0 Å². The molecule has 0 bridgehead atoms. The summed E-state index contributed by atoms with van der Waals surface area (Å²) in [6.07, 6.45) is 1.39. The smallest absolute Gasteiger partial charge is 0.313 e. The molecule has 1 aliphatic heterocycles. The summed E-state index contributed by atoms with van der Waals surface area (Å²) in [5.41, 5.74) is -0.407. The molecule has 0 radical (unpaired) electrons. The number of nitrogens with zero attached hydrogens (tertiary/aromatic N) is 2. The Morgan fingerprint density at radius 3 is 2.35 bits per heavy atom. The molecule has 3 rings (SSSR count). The predicted molar refractivity (Wildman–Crippen MR) is 86.2 cm³/mol. The number of carbonyl (C=O) groups excluding carboxylic acids is 3. The number of nitrogens with one attached hydrogen (secondary N) is 1. The summed E-state index contributed by atoms with van der Waals surface area (Å²) in [5.74, 6) is -3.63. The van der Waals surface area contributed by atoms with Crippen LogP contribution in [0.1, 0.15) is 10.6 Å². The number of carbonyl (C=O) groups is 3. The van der Waals surface area contributed by atoms with Crippen molar-refractivity contribution < 1.29 is 27.6 Å². The second kappa shape index (κ2) is 7.34. The van der Waals surface area contributed by atoms with E-state index >= 15 is 0 Å². The quantitative estimate of drug-likeness (QED) is 0.820. The molecule has 0 spiro atoms. The molecular formula is C17H15F2N3O4. The number of amides is 3. The van der Waals surface area contributed by atoms with Crippen LogP contribution in [-0.4, -0.2) is 53.7 Å². The molecule has 1 aliphatic rings. The number of rotatable bonds is 2. The average molecular weight is 363 g/mol. The SMILES string of the molecule is O=C(Nc1cc(F)ccc1F)C(=O)N1CCN(C(=O)c2ccco2)CC1. The Morgan fingerprint density at radius 1 is 1.00 bits per heavy atom. The van der Waals surface area contributed by atoms with E-state index in [0.29, 0.717) is 0 Å². The minimum absolute atomic E-state index is 0.143. The van der Waals surface area contributed by atoms with Crippen molar-refractivity contribution in [3.8, 4) is 0 Å². The summed E-state index contributed by atoms with van der Waals surface area (Å²) in [7, 11) is 0. The van der Waals surface area contributed by atoms with E-state index in [0.717, 1.165) is 18.2 Å². The van der Waals surface area contributed by atoms with E-state index in [1.165, 1.54) is 16.1 Å². The second-order valence-corrected chi connectivity index (χ2v) is 5.64. The Labute approximate surface area is 147 Å². The molecule has 9 heteroatoms. The Hall–Kier alpha value is -3.23. The summed E-state index contributed by atoms with van der Waals surface area (Å²) >= 11 is 0. The van der Waals surface area contributed by atoms with Gasteiger partial charge in [0.15, 0.2) is 5.76 Å². The lowest BCUT2D eigenvalue weighted by Crippen LogP contribution is -2.53. The van der Waals surface area contributed by atoms with Crippen molar-refractivity contribution in [3.63, 3.8) is 0 Å². The summed E-state index contributed by atoms with van der Waals surface area (Å²) in [6.45, 7) is 0.744. The Kier molecular flexibility index (Phi) is 4.97. The maximum atomic E-state index is 13.6. The number of benzene rings is 1. The van der Waals surface area contributed by atoms with Crippen LogP contribution in [0.15, 0.2) is 41.0 Å². The normalized spacial score (nSPS) is 14.2. The third kappa shape index (κ3) is 3.71. The predicted octanol–water partition coefficient (Wildman–Crippen LogP) is 1.48. The van der Waals surface area contributed by atoms with Crippen LogP contribution in [0, 0.1) is 11.6 Å². The molecule has 1 aromatic heterocycles. The Morgan fingerprint density at radius 2 is 1.69 bits per heavy atom. The highest BCUT2D eigenvalue weighted by Gasteiger charge is 2.29. The van der Waals surface area contributed by atoms with Crippen molar-refractivity contribution in [1.82, 2.24) is 9.80 Å². The molecule has 1 N–H and O–H groups in total. The molecule has 0 atom stereocenters. The van der Waals surface area contributed by atoms with Crippen LogP contribution in [0.3, 0.4) is 0 Å². The fourth-order valence-electron chi connectivity index (χ4n) is 2.58. The highest BCUT2D eigenvalue weighted by molar-refractivity contribution is 6.39. The van der Waals surface area contributed by atoms with Crippen LogP contribution in [0.2, 0.25) is 0 Å². The highest BCUT2D eigenvalue weighted by Crippen LogP contribution is 2.16. The largest absolute Gasteiger partial charge is 0.459 e. The van der Waals surface area contributed by atoms with Crippen LogP contribution < -0.4 is 5.32 Å². The van der Waals surface area contributed by atoms with E-state index in [1.807, 2.05) is 0 Å². The topological polar surface area (TPSA) is 82.9 Å². The molecular weight excluding hydrogens is 348 g/mol. The first-order valence-corrected chi connectivity index (χ1v) is 7.84. The highest BCUT2D eigenvalue weighted by atomic mass is 19.1. The Balaban J connectivity index is 1.57. The van der Waals surface area contributed by atoms with E-state index in [9.17, 15) is 23.2 Å². The minimum Gasteiger partial charge on any atom is -0.459 e. The van der Waals surface area contributed by atoms with E-state index in [-0.39, 0.29) is 37.8 Å². The standard InChI is InChI=1S/C17H15F2N3O4/c18-11-3-4-12(19)13(10-11)20-15(23)17(25)22-7-5-21(6-8-22)16(24)14-2-1-9-26-14/h1-4,9-10H,5-8H2,(H,20,23). The van der Waals surface area contributed by atoms with Crippen molar-refractivity contribution >= 4 is 23.4 Å². The maximum absolute atomic E-state index is 13.6. The lowest BCUT2D eigenvalue weighted by atomic mass is 10.2. The van der Waals surface area contributed by atoms with Crippen LogP contribution in [-0.2, 0) is 9.59 Å². The van der Waals surface area contributed by atoms with Crippen LogP contribution in [0.25, 0.3) is 0 Å². The molecule has 7 nitrogen and oxygen atoms in total. The van der Waals surface area contributed by atoms with Gasteiger partial charge >= 0.3 is 11.8 Å². The lowest BCUT2D eigenvalue weighted by molar-refractivity contribution is -0.144. The molecule has 0 saturated carbocycles. The van der Waals surface area contributed by atoms with Gasteiger partial charge in [-0.2, -0.15) is 0 Å². The zero-order chi connectivity index (χ0) is 18.7. The number of anilines is 1. The van der Waals surface area contributed by atoms with Gasteiger partial charge in [0.05, 0.1) is 12.0 Å². The molecule has 1 aromatic carbocycles. The van der Waals surface area contributed by atoms with Gasteiger partial charge in [-0.15, -0.1) is 0 Å². The fraction of sp³-hybridized carbons (Fsp3) is 0.235. The van der Waals surface area contributed by atoms with E-state index < -0.39 is 29.1 Å². The zero-order valence-corrected chi connectivity index (χ0v) is 13.6. The van der Waals surface area contributed by atoms with Crippen LogP contribution in [0.4, 0.5) is 14.5 Å².